The molecule has 0 aliphatic carbocycles. The number of carbonyl (C=O) groups is 1. The van der Waals surface area contributed by atoms with E-state index in [1.165, 1.54) is 5.56 Å². The van der Waals surface area contributed by atoms with Gasteiger partial charge in [-0.1, -0.05) is 30.3 Å². The molecule has 0 saturated carbocycles. The third-order valence-corrected chi connectivity index (χ3v) is 4.09. The fourth-order valence-electron chi connectivity index (χ4n) is 2.49. The van der Waals surface area contributed by atoms with Crippen molar-refractivity contribution in [2.45, 2.75) is 25.3 Å². The summed E-state index contributed by atoms with van der Waals surface area (Å²) < 4.78 is 24.8. The van der Waals surface area contributed by atoms with Crippen LogP contribution in [0.2, 0.25) is 0 Å². The maximum atomic E-state index is 11.8. The van der Waals surface area contributed by atoms with Gasteiger partial charge in [-0.05, 0) is 18.4 Å². The largest absolute Gasteiger partial charge is 0.341 e. The summed E-state index contributed by atoms with van der Waals surface area (Å²) in [4.78, 5) is 13.5. The molecule has 1 saturated heterocycles. The van der Waals surface area contributed by atoms with Crippen molar-refractivity contribution in [3.05, 3.63) is 35.9 Å². The monoisotopic (exact) mass is 296 g/mol. The first-order valence-electron chi connectivity index (χ1n) is 6.73. The lowest BCUT2D eigenvalue weighted by molar-refractivity contribution is -0.127. The SMILES string of the molecule is CS(=O)(=O)NC1CC(=O)N(CCCc2ccccc2)C1. The quantitative estimate of drug-likeness (QED) is 0.843. The van der Waals surface area contributed by atoms with Crippen LogP contribution in [0.1, 0.15) is 18.4 Å². The van der Waals surface area contributed by atoms with Gasteiger partial charge in [-0.2, -0.15) is 0 Å². The zero-order valence-corrected chi connectivity index (χ0v) is 12.4. The molecule has 0 bridgehead atoms. The normalized spacial score (nSPS) is 19.6. The zero-order chi connectivity index (χ0) is 14.6. The van der Waals surface area contributed by atoms with E-state index < -0.39 is 10.0 Å². The van der Waals surface area contributed by atoms with Crippen LogP contribution >= 0.6 is 0 Å². The van der Waals surface area contributed by atoms with Crippen molar-refractivity contribution < 1.29 is 13.2 Å². The summed E-state index contributed by atoms with van der Waals surface area (Å²) in [7, 11) is -3.25. The third-order valence-electron chi connectivity index (χ3n) is 3.33. The van der Waals surface area contributed by atoms with E-state index in [-0.39, 0.29) is 18.4 Å². The van der Waals surface area contributed by atoms with Gasteiger partial charge in [-0.15, -0.1) is 0 Å². The molecule has 1 unspecified atom stereocenters. The first-order chi connectivity index (χ1) is 9.44. The Morgan fingerprint density at radius 2 is 2.00 bits per heavy atom. The molecule has 1 aromatic carbocycles. The molecule has 2 rings (SSSR count). The number of nitrogens with one attached hydrogen (secondary N) is 1. The van der Waals surface area contributed by atoms with Crippen LogP contribution in [-0.2, 0) is 21.2 Å². The molecule has 0 spiro atoms. The Morgan fingerprint density at radius 1 is 1.30 bits per heavy atom. The van der Waals surface area contributed by atoms with Crippen LogP contribution in [0.25, 0.3) is 0 Å². The van der Waals surface area contributed by atoms with E-state index in [4.69, 9.17) is 0 Å². The van der Waals surface area contributed by atoms with Crippen LogP contribution in [0, 0.1) is 0 Å². The number of sulfonamides is 1. The predicted octanol–water partition coefficient (Wildman–Crippen LogP) is 0.769. The van der Waals surface area contributed by atoms with Gasteiger partial charge in [-0.3, -0.25) is 4.79 Å². The molecule has 1 atom stereocenters. The van der Waals surface area contributed by atoms with E-state index >= 15 is 0 Å². The van der Waals surface area contributed by atoms with Gasteiger partial charge < -0.3 is 4.90 Å². The number of hydrogen-bond donors (Lipinski definition) is 1. The molecule has 1 aliphatic heterocycles. The lowest BCUT2D eigenvalue weighted by atomic mass is 10.1. The maximum Gasteiger partial charge on any atom is 0.224 e. The minimum absolute atomic E-state index is 0.0270. The molecule has 1 N–H and O–H groups in total. The predicted molar refractivity (Wildman–Crippen MR) is 77.7 cm³/mol. The molecular formula is C14H20N2O3S. The number of benzene rings is 1. The molecule has 0 aromatic heterocycles. The smallest absolute Gasteiger partial charge is 0.224 e. The molecule has 1 aromatic rings. The molecule has 6 heteroatoms. The van der Waals surface area contributed by atoms with Gasteiger partial charge in [0.05, 0.1) is 6.26 Å². The van der Waals surface area contributed by atoms with Crippen molar-refractivity contribution in [1.82, 2.24) is 9.62 Å². The number of hydrogen-bond acceptors (Lipinski definition) is 3. The van der Waals surface area contributed by atoms with E-state index in [9.17, 15) is 13.2 Å². The van der Waals surface area contributed by atoms with Crippen LogP contribution in [0.3, 0.4) is 0 Å². The highest BCUT2D eigenvalue weighted by Gasteiger charge is 2.30. The highest BCUT2D eigenvalue weighted by molar-refractivity contribution is 7.88. The number of aryl methyl sites for hydroxylation is 1. The highest BCUT2D eigenvalue weighted by Crippen LogP contribution is 2.13. The summed E-state index contributed by atoms with van der Waals surface area (Å²) in [6.07, 6.45) is 3.20. The summed E-state index contributed by atoms with van der Waals surface area (Å²) in [5.41, 5.74) is 1.25. The standard InChI is InChI=1S/C14H20N2O3S/c1-20(18,19)15-13-10-14(17)16(11-13)9-5-8-12-6-3-2-4-7-12/h2-4,6-7,13,15H,5,8-11H2,1H3. The molecule has 0 radical (unpaired) electrons. The number of amides is 1. The van der Waals surface area contributed by atoms with Gasteiger partial charge in [0.25, 0.3) is 0 Å². The van der Waals surface area contributed by atoms with Gasteiger partial charge >= 0.3 is 0 Å². The third kappa shape index (κ3) is 4.61. The van der Waals surface area contributed by atoms with Gasteiger partial charge in [0.1, 0.15) is 0 Å². The number of carbonyl (C=O) groups excluding carboxylic acids is 1. The second-order valence-corrected chi connectivity index (χ2v) is 7.00. The molecule has 5 nitrogen and oxygen atoms in total. The second kappa shape index (κ2) is 6.37. The van der Waals surface area contributed by atoms with Crippen LogP contribution < -0.4 is 4.72 Å². The van der Waals surface area contributed by atoms with Crippen LogP contribution in [0.4, 0.5) is 0 Å². The summed E-state index contributed by atoms with van der Waals surface area (Å²) in [6.45, 7) is 1.15. The summed E-state index contributed by atoms with van der Waals surface area (Å²) in [5.74, 6) is 0.0270. The highest BCUT2D eigenvalue weighted by atomic mass is 32.2. The van der Waals surface area contributed by atoms with Crippen molar-refractivity contribution in [3.8, 4) is 0 Å². The average molecular weight is 296 g/mol. The minimum atomic E-state index is -3.25. The molecule has 1 fully saturated rings. The Kier molecular flexibility index (Phi) is 4.77. The van der Waals surface area contributed by atoms with E-state index in [1.54, 1.807) is 4.90 Å². The summed E-state index contributed by atoms with van der Waals surface area (Å²) >= 11 is 0. The lowest BCUT2D eigenvalue weighted by Crippen LogP contribution is -2.36. The Labute approximate surface area is 120 Å². The zero-order valence-electron chi connectivity index (χ0n) is 11.6. The Hall–Kier alpha value is -1.40. The topological polar surface area (TPSA) is 66.5 Å². The fraction of sp³-hybridized carbons (Fsp3) is 0.500. The molecule has 1 aliphatic rings. The van der Waals surface area contributed by atoms with E-state index in [0.29, 0.717) is 13.1 Å². The first kappa shape index (κ1) is 15.0. The summed E-state index contributed by atoms with van der Waals surface area (Å²) in [6, 6.07) is 9.84. The van der Waals surface area contributed by atoms with E-state index in [1.807, 2.05) is 18.2 Å². The van der Waals surface area contributed by atoms with Gasteiger partial charge in [-0.25, -0.2) is 13.1 Å². The van der Waals surface area contributed by atoms with E-state index in [2.05, 4.69) is 16.9 Å². The number of rotatable bonds is 6. The Bertz CT molecular complexity index is 557. The molecular weight excluding hydrogens is 276 g/mol. The van der Waals surface area contributed by atoms with Crippen molar-refractivity contribution in [1.29, 1.82) is 0 Å². The number of likely N-dealkylation sites (tertiary alicyclic amines) is 1. The molecule has 1 amide bonds. The fourth-order valence-corrected chi connectivity index (χ4v) is 3.25. The van der Waals surface area contributed by atoms with Crippen molar-refractivity contribution in [3.63, 3.8) is 0 Å². The summed E-state index contributed by atoms with van der Waals surface area (Å²) in [5, 5.41) is 0. The number of nitrogens with zero attached hydrogens (tertiary/aromatic N) is 1. The first-order valence-corrected chi connectivity index (χ1v) is 8.62. The Balaban J connectivity index is 1.78. The van der Waals surface area contributed by atoms with Crippen LogP contribution in [0.15, 0.2) is 30.3 Å². The van der Waals surface area contributed by atoms with Crippen molar-refractivity contribution in [2.75, 3.05) is 19.3 Å². The van der Waals surface area contributed by atoms with Crippen molar-refractivity contribution >= 4 is 15.9 Å². The minimum Gasteiger partial charge on any atom is -0.341 e. The maximum absolute atomic E-state index is 11.8. The van der Waals surface area contributed by atoms with Crippen LogP contribution in [-0.4, -0.2) is 44.6 Å². The van der Waals surface area contributed by atoms with Crippen molar-refractivity contribution in [2.24, 2.45) is 0 Å². The van der Waals surface area contributed by atoms with Crippen LogP contribution in [0.5, 0.6) is 0 Å². The molecule has 20 heavy (non-hydrogen) atoms. The lowest BCUT2D eigenvalue weighted by Gasteiger charge is -2.16. The van der Waals surface area contributed by atoms with Gasteiger partial charge in [0, 0.05) is 25.6 Å². The van der Waals surface area contributed by atoms with E-state index in [0.717, 1.165) is 19.1 Å². The average Bonchev–Trinajstić information content (AvgIpc) is 2.68. The van der Waals surface area contributed by atoms with Gasteiger partial charge in [0.15, 0.2) is 0 Å². The van der Waals surface area contributed by atoms with Gasteiger partial charge in [0.2, 0.25) is 15.9 Å². The second-order valence-electron chi connectivity index (χ2n) is 5.22. The Morgan fingerprint density at radius 3 is 2.65 bits per heavy atom. The molecule has 1 heterocycles. The molecule has 110 valence electrons.